The zero-order chi connectivity index (χ0) is 29.9. The molecule has 0 aromatic heterocycles. The lowest BCUT2D eigenvalue weighted by Crippen LogP contribution is -2.67. The van der Waals surface area contributed by atoms with Gasteiger partial charge < -0.3 is 30.5 Å². The average molecular weight is 578 g/mol. The van der Waals surface area contributed by atoms with Crippen LogP contribution in [0.3, 0.4) is 0 Å². The molecule has 0 saturated carbocycles. The van der Waals surface area contributed by atoms with Gasteiger partial charge in [-0.15, -0.1) is 0 Å². The summed E-state index contributed by atoms with van der Waals surface area (Å²) in [7, 11) is 0. The van der Waals surface area contributed by atoms with Gasteiger partial charge in [-0.05, 0) is 49.9 Å². The molecule has 0 aliphatic carbocycles. The number of hydrogen-bond donors (Lipinski definition) is 2. The van der Waals surface area contributed by atoms with Gasteiger partial charge in [-0.25, -0.2) is 4.39 Å². The van der Waals surface area contributed by atoms with Gasteiger partial charge in [0, 0.05) is 44.4 Å². The minimum absolute atomic E-state index is 0.0333. The Kier molecular flexibility index (Phi) is 8.65. The van der Waals surface area contributed by atoms with Gasteiger partial charge in [0.1, 0.15) is 17.4 Å². The number of fused-ring (bicyclic) bond motifs is 1. The summed E-state index contributed by atoms with van der Waals surface area (Å²) in [5.41, 5.74) is 6.78. The van der Waals surface area contributed by atoms with Crippen LogP contribution >= 0.6 is 0 Å². The number of benzene rings is 2. The number of nitrogens with zero attached hydrogens (tertiary/aromatic N) is 3. The van der Waals surface area contributed by atoms with Crippen LogP contribution < -0.4 is 11.1 Å². The predicted octanol–water partition coefficient (Wildman–Crippen LogP) is 2.21. The fraction of sp³-hybridized carbons (Fsp3) is 0.469. The molecule has 2 atom stereocenters. The van der Waals surface area contributed by atoms with E-state index in [0.29, 0.717) is 19.5 Å². The Morgan fingerprint density at radius 3 is 2.38 bits per heavy atom. The molecule has 0 spiro atoms. The largest absolute Gasteiger partial charge is 0.374 e. The Morgan fingerprint density at radius 2 is 1.71 bits per heavy atom. The van der Waals surface area contributed by atoms with Crippen LogP contribution in [0.4, 0.5) is 4.39 Å². The van der Waals surface area contributed by atoms with Crippen LogP contribution in [0, 0.1) is 5.82 Å². The zero-order valence-corrected chi connectivity index (χ0v) is 24.4. The summed E-state index contributed by atoms with van der Waals surface area (Å²) in [4.78, 5) is 46.2. The smallest absolute Gasteiger partial charge is 0.249 e. The van der Waals surface area contributed by atoms with Gasteiger partial charge in [-0.1, -0.05) is 42.5 Å². The molecule has 9 nitrogen and oxygen atoms in total. The summed E-state index contributed by atoms with van der Waals surface area (Å²) in [5.74, 6) is -1.16. The zero-order valence-electron chi connectivity index (χ0n) is 24.4. The highest BCUT2D eigenvalue weighted by atomic mass is 19.1. The van der Waals surface area contributed by atoms with E-state index >= 15 is 0 Å². The van der Waals surface area contributed by atoms with Gasteiger partial charge in [0.05, 0.1) is 25.3 Å². The molecule has 10 heteroatoms. The summed E-state index contributed by atoms with van der Waals surface area (Å²) in [6, 6.07) is 14.9. The van der Waals surface area contributed by atoms with Crippen molar-refractivity contribution in [2.75, 3.05) is 39.3 Å². The SMILES string of the molecule is CC(C)(N)C(=O)NC(COCc1ccccc1)C(=O)N1CCN2C(=O)C=C(N3CCCC3)C2(Cc2ccc(F)cc2)C1. The summed E-state index contributed by atoms with van der Waals surface area (Å²) in [5, 5.41) is 2.82. The quantitative estimate of drug-likeness (QED) is 0.449. The minimum Gasteiger partial charge on any atom is -0.374 e. The predicted molar refractivity (Wildman–Crippen MR) is 156 cm³/mol. The van der Waals surface area contributed by atoms with Crippen LogP contribution in [-0.2, 0) is 32.1 Å². The number of piperazine rings is 1. The Morgan fingerprint density at radius 1 is 1.02 bits per heavy atom. The van der Waals surface area contributed by atoms with E-state index < -0.39 is 23.0 Å². The molecule has 0 bridgehead atoms. The Balaban J connectivity index is 1.42. The summed E-state index contributed by atoms with van der Waals surface area (Å²) >= 11 is 0. The Bertz CT molecular complexity index is 1320. The van der Waals surface area contributed by atoms with Crippen molar-refractivity contribution in [2.45, 2.75) is 56.8 Å². The number of nitrogens with two attached hydrogens (primary N) is 1. The number of amides is 3. The number of likely N-dealkylation sites (tertiary alicyclic amines) is 1. The van der Waals surface area contributed by atoms with E-state index in [0.717, 1.165) is 42.8 Å². The van der Waals surface area contributed by atoms with Crippen LogP contribution in [0.1, 0.15) is 37.8 Å². The molecule has 224 valence electrons. The maximum Gasteiger partial charge on any atom is 0.249 e. The van der Waals surface area contributed by atoms with E-state index in [1.165, 1.54) is 12.1 Å². The average Bonchev–Trinajstić information content (AvgIpc) is 3.59. The molecule has 2 fully saturated rings. The first kappa shape index (κ1) is 29.7. The molecule has 3 aliphatic heterocycles. The third kappa shape index (κ3) is 6.34. The molecule has 3 heterocycles. The third-order valence-electron chi connectivity index (χ3n) is 8.32. The van der Waals surface area contributed by atoms with Gasteiger partial charge in [0.15, 0.2) is 0 Å². The molecular weight excluding hydrogens is 537 g/mol. The summed E-state index contributed by atoms with van der Waals surface area (Å²) in [6.07, 6.45) is 4.20. The first-order chi connectivity index (χ1) is 20.1. The van der Waals surface area contributed by atoms with Crippen molar-refractivity contribution in [1.82, 2.24) is 20.0 Å². The van der Waals surface area contributed by atoms with E-state index in [2.05, 4.69) is 10.2 Å². The normalized spacial score (nSPS) is 21.3. The number of hydrogen-bond acceptors (Lipinski definition) is 6. The van der Waals surface area contributed by atoms with E-state index in [1.807, 2.05) is 35.2 Å². The Labute approximate surface area is 246 Å². The van der Waals surface area contributed by atoms with Crippen LogP contribution in [0.25, 0.3) is 0 Å². The van der Waals surface area contributed by atoms with E-state index in [-0.39, 0.29) is 37.4 Å². The molecule has 5 rings (SSSR count). The lowest BCUT2D eigenvalue weighted by atomic mass is 9.84. The Hall–Kier alpha value is -3.76. The van der Waals surface area contributed by atoms with Crippen molar-refractivity contribution in [2.24, 2.45) is 5.73 Å². The lowest BCUT2D eigenvalue weighted by molar-refractivity contribution is -0.147. The van der Waals surface area contributed by atoms with Crippen LogP contribution in [0.15, 0.2) is 66.4 Å². The second-order valence-electron chi connectivity index (χ2n) is 12.1. The molecule has 3 N–H and O–H groups in total. The number of ether oxygens (including phenoxy) is 1. The molecule has 2 aromatic carbocycles. The van der Waals surface area contributed by atoms with Gasteiger partial charge in [0.2, 0.25) is 17.7 Å². The second kappa shape index (κ2) is 12.2. The fourth-order valence-electron chi connectivity index (χ4n) is 6.11. The van der Waals surface area contributed by atoms with Crippen LogP contribution in [0.2, 0.25) is 0 Å². The molecule has 2 saturated heterocycles. The van der Waals surface area contributed by atoms with Crippen molar-refractivity contribution in [3.05, 3.63) is 83.3 Å². The highest BCUT2D eigenvalue weighted by molar-refractivity contribution is 5.94. The van der Waals surface area contributed by atoms with Crippen LogP contribution in [0.5, 0.6) is 0 Å². The fourth-order valence-corrected chi connectivity index (χ4v) is 6.11. The third-order valence-corrected chi connectivity index (χ3v) is 8.32. The van der Waals surface area contributed by atoms with E-state index in [4.69, 9.17) is 10.5 Å². The second-order valence-corrected chi connectivity index (χ2v) is 12.1. The van der Waals surface area contributed by atoms with Crippen molar-refractivity contribution >= 4 is 17.7 Å². The molecule has 42 heavy (non-hydrogen) atoms. The molecule has 3 aliphatic rings. The molecular formula is C32H40FN5O4. The highest BCUT2D eigenvalue weighted by Crippen LogP contribution is 2.41. The van der Waals surface area contributed by atoms with Crippen molar-refractivity contribution in [3.63, 3.8) is 0 Å². The lowest BCUT2D eigenvalue weighted by Gasteiger charge is -2.50. The first-order valence-corrected chi connectivity index (χ1v) is 14.6. The summed E-state index contributed by atoms with van der Waals surface area (Å²) in [6.45, 7) is 5.99. The minimum atomic E-state index is -1.19. The standard InChI is InChI=1S/C32H40FN5O4/c1-31(2,34)30(41)35-26(21-42-20-24-8-4-3-5-9-24)29(40)37-16-17-38-28(39)18-27(36-14-6-7-15-36)32(38,22-37)19-23-10-12-25(33)13-11-23/h3-5,8-13,18,26H,6-7,14-17,19-22,34H2,1-2H3,(H,35,41). The number of nitrogens with one attached hydrogen (secondary N) is 1. The molecule has 3 amide bonds. The number of carbonyl (C=O) groups excluding carboxylic acids is 3. The number of rotatable bonds is 10. The number of halogens is 1. The molecule has 2 aromatic rings. The van der Waals surface area contributed by atoms with Crippen molar-refractivity contribution < 1.29 is 23.5 Å². The van der Waals surface area contributed by atoms with Crippen molar-refractivity contribution in [3.8, 4) is 0 Å². The van der Waals surface area contributed by atoms with Gasteiger partial charge in [0.25, 0.3) is 0 Å². The summed E-state index contributed by atoms with van der Waals surface area (Å²) < 4.78 is 19.7. The maximum absolute atomic E-state index is 14.1. The van der Waals surface area contributed by atoms with Gasteiger partial charge in [-0.2, -0.15) is 0 Å². The molecule has 2 unspecified atom stereocenters. The topological polar surface area (TPSA) is 108 Å². The van der Waals surface area contributed by atoms with Gasteiger partial charge in [-0.3, -0.25) is 14.4 Å². The van der Waals surface area contributed by atoms with E-state index in [1.54, 1.807) is 37.0 Å². The van der Waals surface area contributed by atoms with E-state index in [9.17, 15) is 18.8 Å². The maximum atomic E-state index is 14.1. The van der Waals surface area contributed by atoms with Crippen LogP contribution in [-0.4, -0.2) is 88.9 Å². The monoisotopic (exact) mass is 577 g/mol. The first-order valence-electron chi connectivity index (χ1n) is 14.6. The van der Waals surface area contributed by atoms with Gasteiger partial charge >= 0.3 is 0 Å². The molecule has 0 radical (unpaired) electrons. The number of carbonyl (C=O) groups is 3. The highest BCUT2D eigenvalue weighted by Gasteiger charge is 2.54. The van der Waals surface area contributed by atoms with Crippen molar-refractivity contribution in [1.29, 1.82) is 0 Å².